The van der Waals surface area contributed by atoms with Crippen molar-refractivity contribution in [3.8, 4) is 0 Å². The van der Waals surface area contributed by atoms with Gasteiger partial charge < -0.3 is 0 Å². The molecule has 3 rings (SSSR count). The summed E-state index contributed by atoms with van der Waals surface area (Å²) < 4.78 is 0. The zero-order valence-corrected chi connectivity index (χ0v) is 9.60. The van der Waals surface area contributed by atoms with Gasteiger partial charge in [-0.3, -0.25) is 9.69 Å². The van der Waals surface area contributed by atoms with Crippen molar-refractivity contribution >= 4 is 11.6 Å². The first-order valence-electron chi connectivity index (χ1n) is 5.93. The Bertz CT molecular complexity index is 455. The number of carbonyl (C=O) groups is 1. The Hall–Kier alpha value is -1.68. The number of fused-ring (bicyclic) bond motifs is 1. The van der Waals surface area contributed by atoms with Crippen molar-refractivity contribution in [1.29, 1.82) is 0 Å². The molecule has 1 N–H and O–H groups in total. The van der Waals surface area contributed by atoms with Gasteiger partial charge in [0.15, 0.2) is 0 Å². The minimum Gasteiger partial charge on any atom is -0.293 e. The van der Waals surface area contributed by atoms with E-state index in [-0.39, 0.29) is 5.91 Å². The van der Waals surface area contributed by atoms with Gasteiger partial charge in [0.2, 0.25) is 5.91 Å². The van der Waals surface area contributed by atoms with Gasteiger partial charge in [-0.1, -0.05) is 30.3 Å². The summed E-state index contributed by atoms with van der Waals surface area (Å²) in [6.07, 6.45) is 0.587. The third-order valence-corrected chi connectivity index (χ3v) is 3.34. The molecule has 1 fully saturated rings. The fourth-order valence-corrected chi connectivity index (χ4v) is 2.51. The lowest BCUT2D eigenvalue weighted by molar-refractivity contribution is -0.122. The number of hydrazone groups is 1. The molecule has 0 spiro atoms. The van der Waals surface area contributed by atoms with Crippen molar-refractivity contribution in [3.05, 3.63) is 35.9 Å². The van der Waals surface area contributed by atoms with E-state index in [1.807, 2.05) is 6.07 Å². The van der Waals surface area contributed by atoms with Crippen LogP contribution in [0.25, 0.3) is 0 Å². The Kier molecular flexibility index (Phi) is 2.65. The van der Waals surface area contributed by atoms with E-state index in [1.165, 1.54) is 5.56 Å². The molecule has 1 aromatic carbocycles. The van der Waals surface area contributed by atoms with Crippen LogP contribution in [0.1, 0.15) is 12.0 Å². The van der Waals surface area contributed by atoms with Gasteiger partial charge in [0.05, 0.1) is 5.71 Å². The number of carbonyl (C=O) groups excluding carboxylic acids is 1. The highest BCUT2D eigenvalue weighted by atomic mass is 16.2. The maximum atomic E-state index is 11.2. The van der Waals surface area contributed by atoms with Crippen LogP contribution < -0.4 is 5.43 Å². The van der Waals surface area contributed by atoms with Crippen molar-refractivity contribution < 1.29 is 4.79 Å². The number of rotatable bonds is 2. The molecule has 88 valence electrons. The molecular weight excluding hydrogens is 214 g/mol. The van der Waals surface area contributed by atoms with Gasteiger partial charge in [-0.25, -0.2) is 5.43 Å². The topological polar surface area (TPSA) is 44.7 Å². The molecule has 2 aliphatic heterocycles. The average molecular weight is 229 g/mol. The van der Waals surface area contributed by atoms with E-state index in [2.05, 4.69) is 39.7 Å². The Morgan fingerprint density at radius 2 is 2.18 bits per heavy atom. The molecule has 1 amide bonds. The zero-order chi connectivity index (χ0) is 11.7. The van der Waals surface area contributed by atoms with Crippen LogP contribution in [-0.2, 0) is 11.3 Å². The maximum absolute atomic E-state index is 11.2. The summed E-state index contributed by atoms with van der Waals surface area (Å²) in [5.41, 5.74) is 5.00. The first-order chi connectivity index (χ1) is 8.31. The summed E-state index contributed by atoms with van der Waals surface area (Å²) in [4.78, 5) is 13.6. The van der Waals surface area contributed by atoms with Crippen molar-refractivity contribution in [2.45, 2.75) is 13.0 Å². The van der Waals surface area contributed by atoms with E-state index in [9.17, 15) is 4.79 Å². The number of hydrogen-bond acceptors (Lipinski definition) is 3. The predicted molar refractivity (Wildman–Crippen MR) is 65.4 cm³/mol. The van der Waals surface area contributed by atoms with Gasteiger partial charge in [-0.05, 0) is 5.56 Å². The van der Waals surface area contributed by atoms with Crippen LogP contribution in [0.3, 0.4) is 0 Å². The van der Waals surface area contributed by atoms with Crippen LogP contribution in [0.5, 0.6) is 0 Å². The average Bonchev–Trinajstić information content (AvgIpc) is 2.71. The lowest BCUT2D eigenvalue weighted by Crippen LogP contribution is -2.31. The first-order valence-corrected chi connectivity index (χ1v) is 5.93. The van der Waals surface area contributed by atoms with E-state index >= 15 is 0 Å². The molecule has 0 saturated carbocycles. The number of likely N-dealkylation sites (tertiary alicyclic amines) is 1. The standard InChI is InChI=1S/C13H15N3O/c17-13-6-11-8-16(9-12(11)14-15-13)7-10-4-2-1-3-5-10/h1-5,11H,6-9H2,(H,15,17). The van der Waals surface area contributed by atoms with E-state index in [0.717, 1.165) is 25.3 Å². The van der Waals surface area contributed by atoms with Crippen molar-refractivity contribution in [2.75, 3.05) is 13.1 Å². The highest BCUT2D eigenvalue weighted by Crippen LogP contribution is 2.21. The van der Waals surface area contributed by atoms with Gasteiger partial charge in [-0.15, -0.1) is 0 Å². The van der Waals surface area contributed by atoms with Gasteiger partial charge in [0.1, 0.15) is 0 Å². The molecule has 0 radical (unpaired) electrons. The molecule has 2 aliphatic rings. The predicted octanol–water partition coefficient (Wildman–Crippen LogP) is 0.994. The molecule has 1 unspecified atom stereocenters. The largest absolute Gasteiger partial charge is 0.293 e. The van der Waals surface area contributed by atoms with Gasteiger partial charge in [0.25, 0.3) is 0 Å². The normalized spacial score (nSPS) is 24.1. The Balaban J connectivity index is 1.67. The lowest BCUT2D eigenvalue weighted by Gasteiger charge is -2.15. The fourth-order valence-electron chi connectivity index (χ4n) is 2.51. The first kappa shape index (κ1) is 10.5. The second-order valence-electron chi connectivity index (χ2n) is 4.69. The monoisotopic (exact) mass is 229 g/mol. The van der Waals surface area contributed by atoms with Gasteiger partial charge >= 0.3 is 0 Å². The molecule has 0 aliphatic carbocycles. The Morgan fingerprint density at radius 1 is 1.35 bits per heavy atom. The second-order valence-corrected chi connectivity index (χ2v) is 4.69. The van der Waals surface area contributed by atoms with E-state index < -0.39 is 0 Å². The summed E-state index contributed by atoms with van der Waals surface area (Å²) in [7, 11) is 0. The van der Waals surface area contributed by atoms with E-state index in [0.29, 0.717) is 12.3 Å². The van der Waals surface area contributed by atoms with Crippen LogP contribution in [0, 0.1) is 5.92 Å². The molecule has 4 heteroatoms. The molecule has 1 aromatic rings. The van der Waals surface area contributed by atoms with Crippen LogP contribution in [0.15, 0.2) is 35.4 Å². The second kappa shape index (κ2) is 4.30. The molecule has 1 saturated heterocycles. The SMILES string of the molecule is O=C1CC2CN(Cc3ccccc3)CC2=NN1. The third kappa shape index (κ3) is 2.22. The minimum absolute atomic E-state index is 0.0420. The van der Waals surface area contributed by atoms with E-state index in [1.54, 1.807) is 0 Å². The van der Waals surface area contributed by atoms with Crippen LogP contribution in [0.4, 0.5) is 0 Å². The number of nitrogens with one attached hydrogen (secondary N) is 1. The lowest BCUT2D eigenvalue weighted by atomic mass is 10.0. The summed E-state index contributed by atoms with van der Waals surface area (Å²) in [6.45, 7) is 2.76. The highest BCUT2D eigenvalue weighted by molar-refractivity contribution is 5.97. The van der Waals surface area contributed by atoms with Gasteiger partial charge in [0, 0.05) is 32.0 Å². The summed E-state index contributed by atoms with van der Waals surface area (Å²) >= 11 is 0. The summed E-state index contributed by atoms with van der Waals surface area (Å²) in [6, 6.07) is 10.4. The summed E-state index contributed by atoms with van der Waals surface area (Å²) in [5, 5.41) is 4.14. The fraction of sp³-hybridized carbons (Fsp3) is 0.385. The number of amides is 1. The van der Waals surface area contributed by atoms with Crippen LogP contribution in [-0.4, -0.2) is 29.6 Å². The van der Waals surface area contributed by atoms with Crippen molar-refractivity contribution in [2.24, 2.45) is 11.0 Å². The molecule has 0 aromatic heterocycles. The molecule has 0 bridgehead atoms. The zero-order valence-electron chi connectivity index (χ0n) is 9.60. The molecule has 1 atom stereocenters. The number of benzene rings is 1. The molecule has 4 nitrogen and oxygen atoms in total. The van der Waals surface area contributed by atoms with Crippen molar-refractivity contribution in [1.82, 2.24) is 10.3 Å². The minimum atomic E-state index is 0.0420. The van der Waals surface area contributed by atoms with Gasteiger partial charge in [-0.2, -0.15) is 5.10 Å². The maximum Gasteiger partial charge on any atom is 0.240 e. The van der Waals surface area contributed by atoms with Crippen molar-refractivity contribution in [3.63, 3.8) is 0 Å². The summed E-state index contributed by atoms with van der Waals surface area (Å²) in [5.74, 6) is 0.368. The van der Waals surface area contributed by atoms with E-state index in [4.69, 9.17) is 0 Å². The van der Waals surface area contributed by atoms with Crippen LogP contribution in [0.2, 0.25) is 0 Å². The Labute approximate surface area is 100 Å². The third-order valence-electron chi connectivity index (χ3n) is 3.34. The van der Waals surface area contributed by atoms with Crippen LogP contribution >= 0.6 is 0 Å². The highest BCUT2D eigenvalue weighted by Gasteiger charge is 2.33. The molecule has 17 heavy (non-hydrogen) atoms. The molecular formula is C13H15N3O. The number of nitrogens with zero attached hydrogens (tertiary/aromatic N) is 2. The quantitative estimate of drug-likeness (QED) is 0.822. The number of hydrogen-bond donors (Lipinski definition) is 1. The smallest absolute Gasteiger partial charge is 0.240 e. The molecule has 2 heterocycles. The Morgan fingerprint density at radius 3 is 3.00 bits per heavy atom.